The number of amides is 1. The van der Waals surface area contributed by atoms with Gasteiger partial charge in [-0.1, -0.05) is 0 Å². The highest BCUT2D eigenvalue weighted by Crippen LogP contribution is 2.41. The van der Waals surface area contributed by atoms with Crippen LogP contribution in [0.4, 0.5) is 10.5 Å². The van der Waals surface area contributed by atoms with Crippen molar-refractivity contribution in [2.24, 2.45) is 0 Å². The van der Waals surface area contributed by atoms with Gasteiger partial charge in [0.25, 0.3) is 0 Å². The average molecular weight is 360 g/mol. The maximum absolute atomic E-state index is 12.1. The quantitative estimate of drug-likeness (QED) is 0.759. The summed E-state index contributed by atoms with van der Waals surface area (Å²) in [6.07, 6.45) is -0.128. The molecule has 24 heavy (non-hydrogen) atoms. The number of cyclic esters (lactones) is 1. The number of carbonyl (C=O) groups excluding carboxylic acids is 1. The van der Waals surface area contributed by atoms with Gasteiger partial charge in [0.1, 0.15) is 6.10 Å². The molecular formula is C14H20N2O7S. The van der Waals surface area contributed by atoms with Crippen LogP contribution in [0.2, 0.25) is 0 Å². The van der Waals surface area contributed by atoms with Gasteiger partial charge in [-0.05, 0) is 0 Å². The minimum absolute atomic E-state index is 0.00545. The predicted octanol–water partition coefficient (Wildman–Crippen LogP) is 0.587. The van der Waals surface area contributed by atoms with Crippen LogP contribution in [0.1, 0.15) is 0 Å². The molecule has 0 unspecified atom stereocenters. The van der Waals surface area contributed by atoms with Gasteiger partial charge in [0.2, 0.25) is 15.8 Å². The zero-order chi connectivity index (χ0) is 17.9. The zero-order valence-corrected chi connectivity index (χ0v) is 14.7. The van der Waals surface area contributed by atoms with Gasteiger partial charge in [0, 0.05) is 18.7 Å². The fraction of sp³-hybridized carbons (Fsp3) is 0.500. The minimum Gasteiger partial charge on any atom is -0.493 e. The fourth-order valence-electron chi connectivity index (χ4n) is 2.31. The Kier molecular flexibility index (Phi) is 5.40. The largest absolute Gasteiger partial charge is 0.493 e. The van der Waals surface area contributed by atoms with Crippen LogP contribution in [0, 0.1) is 0 Å². The minimum atomic E-state index is -3.36. The Bertz CT molecular complexity index is 695. The van der Waals surface area contributed by atoms with Gasteiger partial charge in [-0.15, -0.1) is 0 Å². The van der Waals surface area contributed by atoms with Crippen molar-refractivity contribution in [2.45, 2.75) is 6.10 Å². The van der Waals surface area contributed by atoms with Gasteiger partial charge in [-0.25, -0.2) is 17.9 Å². The van der Waals surface area contributed by atoms with Crippen LogP contribution >= 0.6 is 0 Å². The Balaban J connectivity index is 2.23. The van der Waals surface area contributed by atoms with E-state index >= 15 is 0 Å². The van der Waals surface area contributed by atoms with Gasteiger partial charge in [0.05, 0.1) is 39.8 Å². The lowest BCUT2D eigenvalue weighted by atomic mass is 10.2. The maximum atomic E-state index is 12.1. The van der Waals surface area contributed by atoms with Crippen molar-refractivity contribution in [3.8, 4) is 17.2 Å². The standard InChI is InChI=1S/C14H20N2O7S/c1-20-11-5-9(6-12(21-2)13(11)22-3)16-8-10(23-14(16)17)7-15-24(4,18)19/h5-6,10,15H,7-8H2,1-4H3/t10-/m1/s1. The smallest absolute Gasteiger partial charge is 0.414 e. The SMILES string of the molecule is COc1cc(N2C[C@@H](CNS(C)(=O)=O)OC2=O)cc(OC)c1OC. The summed E-state index contributed by atoms with van der Waals surface area (Å²) in [5.41, 5.74) is 0.497. The van der Waals surface area contributed by atoms with Crippen molar-refractivity contribution < 1.29 is 32.2 Å². The van der Waals surface area contributed by atoms with E-state index < -0.39 is 22.2 Å². The number of nitrogens with zero attached hydrogens (tertiary/aromatic N) is 1. The third-order valence-electron chi connectivity index (χ3n) is 3.41. The molecule has 1 aliphatic heterocycles. The van der Waals surface area contributed by atoms with Crippen molar-refractivity contribution >= 4 is 21.8 Å². The number of rotatable bonds is 7. The van der Waals surface area contributed by atoms with E-state index in [2.05, 4.69) is 4.72 Å². The monoisotopic (exact) mass is 360 g/mol. The number of benzene rings is 1. The Morgan fingerprint density at radius 2 is 1.79 bits per heavy atom. The molecule has 2 rings (SSSR count). The Morgan fingerprint density at radius 3 is 2.25 bits per heavy atom. The molecule has 0 saturated carbocycles. The lowest BCUT2D eigenvalue weighted by Gasteiger charge is -2.18. The summed E-state index contributed by atoms with van der Waals surface area (Å²) in [5, 5.41) is 0. The maximum Gasteiger partial charge on any atom is 0.414 e. The second-order valence-electron chi connectivity index (χ2n) is 5.12. The van der Waals surface area contributed by atoms with Gasteiger partial charge in [-0.2, -0.15) is 0 Å². The molecule has 10 heteroatoms. The summed E-state index contributed by atoms with van der Waals surface area (Å²) >= 11 is 0. The second kappa shape index (κ2) is 7.14. The molecule has 1 N–H and O–H groups in total. The molecule has 1 atom stereocenters. The molecule has 0 bridgehead atoms. The molecule has 9 nitrogen and oxygen atoms in total. The highest BCUT2D eigenvalue weighted by Gasteiger charge is 2.33. The van der Waals surface area contributed by atoms with Crippen LogP contribution < -0.4 is 23.8 Å². The summed E-state index contributed by atoms with van der Waals surface area (Å²) in [5.74, 6) is 1.21. The van der Waals surface area contributed by atoms with Crippen molar-refractivity contribution in [1.29, 1.82) is 0 Å². The summed E-state index contributed by atoms with van der Waals surface area (Å²) in [7, 11) is 1.07. The van der Waals surface area contributed by atoms with Gasteiger partial charge in [0.15, 0.2) is 11.5 Å². The number of hydrogen-bond acceptors (Lipinski definition) is 7. The molecule has 0 aliphatic carbocycles. The third-order valence-corrected chi connectivity index (χ3v) is 4.10. The number of anilines is 1. The zero-order valence-electron chi connectivity index (χ0n) is 13.9. The van der Waals surface area contributed by atoms with Crippen LogP contribution in [0.3, 0.4) is 0 Å². The second-order valence-corrected chi connectivity index (χ2v) is 6.95. The van der Waals surface area contributed by atoms with Crippen molar-refractivity contribution in [3.05, 3.63) is 12.1 Å². The van der Waals surface area contributed by atoms with Crippen LogP contribution in [0.25, 0.3) is 0 Å². The van der Waals surface area contributed by atoms with E-state index in [1.807, 2.05) is 0 Å². The fourth-order valence-corrected chi connectivity index (χ4v) is 2.79. The summed E-state index contributed by atoms with van der Waals surface area (Å²) in [4.78, 5) is 13.5. The molecule has 1 aromatic carbocycles. The van der Waals surface area contributed by atoms with Crippen LogP contribution in [0.5, 0.6) is 17.2 Å². The van der Waals surface area contributed by atoms with Gasteiger partial charge < -0.3 is 18.9 Å². The van der Waals surface area contributed by atoms with E-state index in [0.29, 0.717) is 22.9 Å². The van der Waals surface area contributed by atoms with Gasteiger partial charge >= 0.3 is 6.09 Å². The lowest BCUT2D eigenvalue weighted by Crippen LogP contribution is -2.34. The van der Waals surface area contributed by atoms with E-state index in [9.17, 15) is 13.2 Å². The number of carbonyl (C=O) groups is 1. The lowest BCUT2D eigenvalue weighted by molar-refractivity contribution is 0.143. The molecular weight excluding hydrogens is 340 g/mol. The molecule has 1 aliphatic rings. The van der Waals surface area contributed by atoms with E-state index in [4.69, 9.17) is 18.9 Å². The Hall–Kier alpha value is -2.20. The third kappa shape index (κ3) is 4.01. The molecule has 0 aromatic heterocycles. The first kappa shape index (κ1) is 18.1. The summed E-state index contributed by atoms with van der Waals surface area (Å²) < 4.78 is 45.5. The number of sulfonamides is 1. The first-order valence-electron chi connectivity index (χ1n) is 7.01. The molecule has 0 spiro atoms. The Labute approximate surface area is 140 Å². The van der Waals surface area contributed by atoms with Crippen LogP contribution in [-0.4, -0.2) is 61.3 Å². The molecule has 1 aromatic rings. The number of hydrogen-bond donors (Lipinski definition) is 1. The molecule has 1 amide bonds. The first-order chi connectivity index (χ1) is 11.3. The summed E-state index contributed by atoms with van der Waals surface area (Å²) in [6, 6.07) is 3.24. The Morgan fingerprint density at radius 1 is 1.21 bits per heavy atom. The van der Waals surface area contributed by atoms with Crippen molar-refractivity contribution in [2.75, 3.05) is 45.6 Å². The van der Waals surface area contributed by atoms with Crippen LogP contribution in [-0.2, 0) is 14.8 Å². The van der Waals surface area contributed by atoms with Crippen molar-refractivity contribution in [3.63, 3.8) is 0 Å². The van der Waals surface area contributed by atoms with Crippen LogP contribution in [0.15, 0.2) is 12.1 Å². The van der Waals surface area contributed by atoms with E-state index in [1.54, 1.807) is 12.1 Å². The van der Waals surface area contributed by atoms with E-state index in [0.717, 1.165) is 6.26 Å². The molecule has 1 heterocycles. The highest BCUT2D eigenvalue weighted by molar-refractivity contribution is 7.88. The predicted molar refractivity (Wildman–Crippen MR) is 86.6 cm³/mol. The topological polar surface area (TPSA) is 103 Å². The highest BCUT2D eigenvalue weighted by atomic mass is 32.2. The first-order valence-corrected chi connectivity index (χ1v) is 8.91. The molecule has 134 valence electrons. The summed E-state index contributed by atoms with van der Waals surface area (Å²) in [6.45, 7) is 0.200. The number of methoxy groups -OCH3 is 3. The van der Waals surface area contributed by atoms with Gasteiger partial charge in [-0.3, -0.25) is 4.90 Å². The number of nitrogens with one attached hydrogen (secondary N) is 1. The van der Waals surface area contributed by atoms with Crippen molar-refractivity contribution in [1.82, 2.24) is 4.72 Å². The molecule has 0 radical (unpaired) electrons. The molecule has 1 fully saturated rings. The molecule has 1 saturated heterocycles. The average Bonchev–Trinajstić information content (AvgIpc) is 2.91. The van der Waals surface area contributed by atoms with E-state index in [-0.39, 0.29) is 13.1 Å². The van der Waals surface area contributed by atoms with E-state index in [1.165, 1.54) is 26.2 Å². The number of ether oxygens (including phenoxy) is 4. The normalized spacial score (nSPS) is 17.6.